The third kappa shape index (κ3) is 6.23. The predicted molar refractivity (Wildman–Crippen MR) is 140 cm³/mol. The van der Waals surface area contributed by atoms with E-state index in [1.54, 1.807) is 14.2 Å². The number of carbonyl (C=O) groups is 1. The molecule has 1 amide bonds. The van der Waals surface area contributed by atoms with Crippen LogP contribution in [0.1, 0.15) is 45.5 Å². The maximum atomic E-state index is 13.6. The van der Waals surface area contributed by atoms with Crippen LogP contribution in [-0.2, 0) is 13.0 Å². The molecular formula is C30H36N2O3. The second-order valence-corrected chi connectivity index (χ2v) is 9.50. The number of benzene rings is 3. The minimum absolute atomic E-state index is 0.129. The lowest BCUT2D eigenvalue weighted by Crippen LogP contribution is -2.51. The molecule has 0 aromatic heterocycles. The smallest absolute Gasteiger partial charge is 0.254 e. The van der Waals surface area contributed by atoms with Crippen LogP contribution in [0.2, 0.25) is 0 Å². The standard InChI is InChI=1S/C30H36N2O3/c1-21-14-22(2)16-24(15-21)30(33)32-13-12-26(19-27(32)17-23-8-6-5-7-9-23)31-20-25-18-28(34-3)10-11-29(25)35-4/h5-11,14-16,18,26-27,31H,12-13,17,19-20H2,1-4H3/t26-,27+/m0/s1. The summed E-state index contributed by atoms with van der Waals surface area (Å²) >= 11 is 0. The molecule has 5 nitrogen and oxygen atoms in total. The molecule has 5 heteroatoms. The van der Waals surface area contributed by atoms with Crippen LogP contribution in [0.25, 0.3) is 0 Å². The van der Waals surface area contributed by atoms with Gasteiger partial charge in [-0.05, 0) is 69.0 Å². The fourth-order valence-corrected chi connectivity index (χ4v) is 5.12. The van der Waals surface area contributed by atoms with Gasteiger partial charge in [-0.3, -0.25) is 4.79 Å². The molecule has 0 saturated carbocycles. The molecule has 1 aliphatic rings. The molecule has 1 fully saturated rings. The van der Waals surface area contributed by atoms with Crippen LogP contribution in [0, 0.1) is 13.8 Å². The van der Waals surface area contributed by atoms with Crippen molar-refractivity contribution in [3.63, 3.8) is 0 Å². The first-order chi connectivity index (χ1) is 17.0. The van der Waals surface area contributed by atoms with E-state index in [-0.39, 0.29) is 11.9 Å². The number of hydrogen-bond donors (Lipinski definition) is 1. The molecule has 184 valence electrons. The largest absolute Gasteiger partial charge is 0.497 e. The van der Waals surface area contributed by atoms with Gasteiger partial charge in [0.25, 0.3) is 5.91 Å². The summed E-state index contributed by atoms with van der Waals surface area (Å²) in [4.78, 5) is 15.7. The van der Waals surface area contributed by atoms with E-state index in [1.807, 2.05) is 50.2 Å². The van der Waals surface area contributed by atoms with Crippen molar-refractivity contribution in [2.24, 2.45) is 0 Å². The van der Waals surface area contributed by atoms with Gasteiger partial charge in [-0.1, -0.05) is 47.5 Å². The normalized spacial score (nSPS) is 17.8. The van der Waals surface area contributed by atoms with Crippen LogP contribution in [0.5, 0.6) is 11.5 Å². The van der Waals surface area contributed by atoms with Crippen molar-refractivity contribution >= 4 is 5.91 Å². The van der Waals surface area contributed by atoms with E-state index in [0.717, 1.165) is 59.6 Å². The number of aryl methyl sites for hydroxylation is 2. The lowest BCUT2D eigenvalue weighted by atomic mass is 9.91. The highest BCUT2D eigenvalue weighted by molar-refractivity contribution is 5.95. The zero-order valence-electron chi connectivity index (χ0n) is 21.2. The second-order valence-electron chi connectivity index (χ2n) is 9.50. The number of likely N-dealkylation sites (tertiary alicyclic amines) is 1. The molecule has 1 heterocycles. The van der Waals surface area contributed by atoms with Gasteiger partial charge in [0.15, 0.2) is 0 Å². The van der Waals surface area contributed by atoms with Crippen molar-refractivity contribution < 1.29 is 14.3 Å². The van der Waals surface area contributed by atoms with Gasteiger partial charge >= 0.3 is 0 Å². The monoisotopic (exact) mass is 472 g/mol. The van der Waals surface area contributed by atoms with Gasteiger partial charge in [0.05, 0.1) is 14.2 Å². The van der Waals surface area contributed by atoms with Crippen LogP contribution < -0.4 is 14.8 Å². The SMILES string of the molecule is COc1ccc(OC)c(CN[C@H]2CCN(C(=O)c3cc(C)cc(C)c3)[C@H](Cc3ccccc3)C2)c1. The summed E-state index contributed by atoms with van der Waals surface area (Å²) in [6.07, 6.45) is 2.66. The molecule has 4 rings (SSSR count). The first kappa shape index (κ1) is 24.8. The van der Waals surface area contributed by atoms with E-state index in [0.29, 0.717) is 12.6 Å². The molecule has 0 unspecified atom stereocenters. The Bertz CT molecular complexity index is 1130. The van der Waals surface area contributed by atoms with Crippen LogP contribution in [0.15, 0.2) is 66.7 Å². The molecule has 0 radical (unpaired) electrons. The Morgan fingerprint density at radius 1 is 0.971 bits per heavy atom. The first-order valence-corrected chi connectivity index (χ1v) is 12.3. The summed E-state index contributed by atoms with van der Waals surface area (Å²) in [5.41, 5.74) is 5.35. The van der Waals surface area contributed by atoms with Gasteiger partial charge in [0.2, 0.25) is 0 Å². The number of methoxy groups -OCH3 is 2. The number of ether oxygens (including phenoxy) is 2. The van der Waals surface area contributed by atoms with Gasteiger partial charge in [-0.25, -0.2) is 0 Å². The Hall–Kier alpha value is -3.31. The summed E-state index contributed by atoms with van der Waals surface area (Å²) in [6.45, 7) is 5.52. The highest BCUT2D eigenvalue weighted by Crippen LogP contribution is 2.27. The third-order valence-corrected chi connectivity index (χ3v) is 6.83. The molecule has 3 aromatic carbocycles. The van der Waals surface area contributed by atoms with Crippen LogP contribution in [0.4, 0.5) is 0 Å². The van der Waals surface area contributed by atoms with Gasteiger partial charge in [-0.2, -0.15) is 0 Å². The van der Waals surface area contributed by atoms with Gasteiger partial charge < -0.3 is 19.7 Å². The Morgan fingerprint density at radius 3 is 2.40 bits per heavy atom. The average molecular weight is 473 g/mol. The first-order valence-electron chi connectivity index (χ1n) is 12.3. The van der Waals surface area contributed by atoms with Crippen molar-refractivity contribution in [2.75, 3.05) is 20.8 Å². The van der Waals surface area contributed by atoms with Crippen molar-refractivity contribution in [2.45, 2.75) is 51.7 Å². The Labute approximate surface area is 209 Å². The molecule has 35 heavy (non-hydrogen) atoms. The molecule has 0 aliphatic carbocycles. The van der Waals surface area contributed by atoms with Crippen molar-refractivity contribution in [3.05, 3.63) is 94.5 Å². The minimum atomic E-state index is 0.129. The Morgan fingerprint density at radius 2 is 1.71 bits per heavy atom. The predicted octanol–water partition coefficient (Wildman–Crippen LogP) is 5.33. The van der Waals surface area contributed by atoms with E-state index in [4.69, 9.17) is 9.47 Å². The van der Waals surface area contributed by atoms with E-state index < -0.39 is 0 Å². The van der Waals surface area contributed by atoms with Crippen molar-refractivity contribution in [1.82, 2.24) is 10.2 Å². The summed E-state index contributed by atoms with van der Waals surface area (Å²) in [5, 5.41) is 3.72. The van der Waals surface area contributed by atoms with Crippen LogP contribution >= 0.6 is 0 Å². The van der Waals surface area contributed by atoms with Crippen molar-refractivity contribution in [1.29, 1.82) is 0 Å². The molecule has 1 saturated heterocycles. The number of rotatable bonds is 8. The maximum absolute atomic E-state index is 13.6. The lowest BCUT2D eigenvalue weighted by Gasteiger charge is -2.40. The van der Waals surface area contributed by atoms with E-state index in [9.17, 15) is 4.79 Å². The van der Waals surface area contributed by atoms with Crippen molar-refractivity contribution in [3.8, 4) is 11.5 Å². The molecule has 1 aliphatic heterocycles. The summed E-state index contributed by atoms with van der Waals surface area (Å²) < 4.78 is 11.0. The molecule has 0 spiro atoms. The zero-order valence-corrected chi connectivity index (χ0v) is 21.2. The highest BCUT2D eigenvalue weighted by atomic mass is 16.5. The minimum Gasteiger partial charge on any atom is -0.497 e. The van der Waals surface area contributed by atoms with Gasteiger partial charge in [0, 0.05) is 36.3 Å². The Kier molecular flexibility index (Phi) is 8.09. The fraction of sp³-hybridized carbons (Fsp3) is 0.367. The summed E-state index contributed by atoms with van der Waals surface area (Å²) in [6, 6.07) is 22.9. The topological polar surface area (TPSA) is 50.8 Å². The molecule has 2 atom stereocenters. The average Bonchev–Trinajstić information content (AvgIpc) is 2.87. The zero-order chi connectivity index (χ0) is 24.8. The van der Waals surface area contributed by atoms with E-state index in [2.05, 4.69) is 40.5 Å². The number of carbonyl (C=O) groups excluding carboxylic acids is 1. The fourth-order valence-electron chi connectivity index (χ4n) is 5.12. The van der Waals surface area contributed by atoms with Crippen LogP contribution in [0.3, 0.4) is 0 Å². The molecule has 3 aromatic rings. The lowest BCUT2D eigenvalue weighted by molar-refractivity contribution is 0.0576. The number of nitrogens with zero attached hydrogens (tertiary/aromatic N) is 1. The number of nitrogens with one attached hydrogen (secondary N) is 1. The summed E-state index contributed by atoms with van der Waals surface area (Å²) in [5.74, 6) is 1.80. The van der Waals surface area contributed by atoms with Gasteiger partial charge in [-0.15, -0.1) is 0 Å². The molecule has 1 N–H and O–H groups in total. The number of piperidine rings is 1. The number of hydrogen-bond acceptors (Lipinski definition) is 4. The van der Waals surface area contributed by atoms with E-state index >= 15 is 0 Å². The van der Waals surface area contributed by atoms with Gasteiger partial charge in [0.1, 0.15) is 11.5 Å². The third-order valence-electron chi connectivity index (χ3n) is 6.83. The quantitative estimate of drug-likeness (QED) is 0.482. The number of amides is 1. The maximum Gasteiger partial charge on any atom is 0.254 e. The van der Waals surface area contributed by atoms with Crippen LogP contribution in [-0.4, -0.2) is 43.7 Å². The summed E-state index contributed by atoms with van der Waals surface area (Å²) in [7, 11) is 3.37. The highest BCUT2D eigenvalue weighted by Gasteiger charge is 2.32. The van der Waals surface area contributed by atoms with E-state index in [1.165, 1.54) is 5.56 Å². The Balaban J connectivity index is 1.51. The second kappa shape index (κ2) is 11.4. The molecule has 0 bridgehead atoms. The molecular weight excluding hydrogens is 436 g/mol.